The summed E-state index contributed by atoms with van der Waals surface area (Å²) in [6, 6.07) is 18.1. The number of carbonyl (C=O) groups excluding carboxylic acids is 1. The number of pyridine rings is 1. The molecule has 0 aliphatic heterocycles. The molecular weight excluding hydrogens is 486 g/mol. The number of hydrogen-bond acceptors (Lipinski definition) is 6. The van der Waals surface area contributed by atoms with Gasteiger partial charge in [-0.15, -0.1) is 0 Å². The molecule has 0 atom stereocenters. The highest BCUT2D eigenvalue weighted by molar-refractivity contribution is 6.34. The molecule has 2 aromatic carbocycles. The number of fused-ring (bicyclic) bond motifs is 2. The molecule has 1 saturated carbocycles. The number of nitrogens with zero attached hydrogens (tertiary/aromatic N) is 5. The molecule has 1 fully saturated rings. The van der Waals surface area contributed by atoms with E-state index in [-0.39, 0.29) is 17.9 Å². The average molecular weight is 512 g/mol. The van der Waals surface area contributed by atoms with Crippen molar-refractivity contribution in [3.05, 3.63) is 65.9 Å². The van der Waals surface area contributed by atoms with Crippen LogP contribution in [-0.4, -0.2) is 37.7 Å². The standard InChI is InChI=1S/C28H26ClN7O/c1-31-28(37)17-7-10-19(11-8-17)36-27-24(26(30)32-15-33-27)25(35-36)20-14-23-18(13-21(20)29)9-12-22(34-23)16-5-3-2-4-6-16/h2-6,9,12-15,17,19H,7-8,10-11H2,1H3,(H,31,37)(H2,30,32,33). The van der Waals surface area contributed by atoms with Gasteiger partial charge in [-0.2, -0.15) is 5.10 Å². The van der Waals surface area contributed by atoms with Crippen LogP contribution >= 0.6 is 11.6 Å². The van der Waals surface area contributed by atoms with Gasteiger partial charge in [0.15, 0.2) is 5.65 Å². The fraction of sp³-hybridized carbons (Fsp3) is 0.250. The van der Waals surface area contributed by atoms with Gasteiger partial charge in [0.05, 0.1) is 27.7 Å². The fourth-order valence-corrected chi connectivity index (χ4v) is 5.58. The van der Waals surface area contributed by atoms with Gasteiger partial charge in [0.1, 0.15) is 17.8 Å². The zero-order chi connectivity index (χ0) is 25.5. The number of halogens is 1. The second-order valence-electron chi connectivity index (χ2n) is 9.46. The highest BCUT2D eigenvalue weighted by Gasteiger charge is 2.30. The zero-order valence-electron chi connectivity index (χ0n) is 20.4. The third-order valence-corrected chi connectivity index (χ3v) is 7.59. The number of nitrogens with two attached hydrogens (primary N) is 1. The largest absolute Gasteiger partial charge is 0.383 e. The molecule has 6 rings (SSSR count). The SMILES string of the molecule is CNC(=O)C1CCC(n2nc(-c3cc4nc(-c5ccccc5)ccc4cc3Cl)c3c(N)ncnc32)CC1. The summed E-state index contributed by atoms with van der Waals surface area (Å²) in [6.45, 7) is 0. The van der Waals surface area contributed by atoms with Gasteiger partial charge in [0, 0.05) is 29.5 Å². The molecule has 1 amide bonds. The van der Waals surface area contributed by atoms with Crippen LogP contribution in [0.5, 0.6) is 0 Å². The van der Waals surface area contributed by atoms with Crippen molar-refractivity contribution >= 4 is 45.3 Å². The van der Waals surface area contributed by atoms with Crippen molar-refractivity contribution in [1.29, 1.82) is 0 Å². The highest BCUT2D eigenvalue weighted by atomic mass is 35.5. The third kappa shape index (κ3) is 4.17. The lowest BCUT2D eigenvalue weighted by atomic mass is 9.85. The Morgan fingerprint density at radius 3 is 2.59 bits per heavy atom. The molecule has 9 heteroatoms. The minimum absolute atomic E-state index is 0.0297. The van der Waals surface area contributed by atoms with E-state index in [0.29, 0.717) is 27.6 Å². The van der Waals surface area contributed by atoms with Crippen LogP contribution < -0.4 is 11.1 Å². The molecule has 5 aromatic rings. The van der Waals surface area contributed by atoms with E-state index < -0.39 is 0 Å². The smallest absolute Gasteiger partial charge is 0.222 e. The number of rotatable bonds is 4. The number of aromatic nitrogens is 5. The van der Waals surface area contributed by atoms with E-state index in [4.69, 9.17) is 27.4 Å². The van der Waals surface area contributed by atoms with Gasteiger partial charge in [0.25, 0.3) is 0 Å². The van der Waals surface area contributed by atoms with Crippen molar-refractivity contribution in [3.63, 3.8) is 0 Å². The zero-order valence-corrected chi connectivity index (χ0v) is 21.1. The summed E-state index contributed by atoms with van der Waals surface area (Å²) in [5, 5.41) is 9.94. The van der Waals surface area contributed by atoms with E-state index in [1.165, 1.54) is 6.33 Å². The van der Waals surface area contributed by atoms with Crippen LogP contribution in [0, 0.1) is 5.92 Å². The molecule has 1 aliphatic carbocycles. The molecule has 3 heterocycles. The van der Waals surface area contributed by atoms with Crippen LogP contribution in [0.2, 0.25) is 5.02 Å². The minimum atomic E-state index is 0.0297. The first-order valence-corrected chi connectivity index (χ1v) is 12.8. The maximum absolute atomic E-state index is 12.1. The molecule has 0 saturated heterocycles. The molecule has 1 aliphatic rings. The van der Waals surface area contributed by atoms with Gasteiger partial charge < -0.3 is 11.1 Å². The maximum Gasteiger partial charge on any atom is 0.222 e. The second kappa shape index (κ2) is 9.44. The number of nitrogens with one attached hydrogen (secondary N) is 1. The number of hydrogen-bond donors (Lipinski definition) is 2. The molecule has 0 bridgehead atoms. The van der Waals surface area contributed by atoms with E-state index in [9.17, 15) is 4.79 Å². The Morgan fingerprint density at radius 2 is 1.84 bits per heavy atom. The highest BCUT2D eigenvalue weighted by Crippen LogP contribution is 2.40. The van der Waals surface area contributed by atoms with Crippen LogP contribution in [-0.2, 0) is 4.79 Å². The number of benzene rings is 2. The Labute approximate surface area is 218 Å². The lowest BCUT2D eigenvalue weighted by Gasteiger charge is -2.27. The quantitative estimate of drug-likeness (QED) is 0.333. The Kier molecular flexibility index (Phi) is 5.96. The van der Waals surface area contributed by atoms with Crippen LogP contribution in [0.1, 0.15) is 31.7 Å². The van der Waals surface area contributed by atoms with Gasteiger partial charge in [-0.25, -0.2) is 19.6 Å². The minimum Gasteiger partial charge on any atom is -0.383 e. The predicted molar refractivity (Wildman–Crippen MR) is 146 cm³/mol. The summed E-state index contributed by atoms with van der Waals surface area (Å²) >= 11 is 6.81. The summed E-state index contributed by atoms with van der Waals surface area (Å²) < 4.78 is 1.94. The van der Waals surface area contributed by atoms with Crippen molar-refractivity contribution in [1.82, 2.24) is 30.0 Å². The first kappa shape index (κ1) is 23.4. The van der Waals surface area contributed by atoms with Gasteiger partial charge in [0.2, 0.25) is 5.91 Å². The predicted octanol–water partition coefficient (Wildman–Crippen LogP) is 5.42. The number of nitrogen functional groups attached to an aromatic ring is 1. The molecular formula is C28H26ClN7O. The Hall–Kier alpha value is -4.04. The number of amides is 1. The topological polar surface area (TPSA) is 112 Å². The average Bonchev–Trinajstić information content (AvgIpc) is 3.33. The molecule has 8 nitrogen and oxygen atoms in total. The van der Waals surface area contributed by atoms with E-state index in [1.54, 1.807) is 7.05 Å². The summed E-state index contributed by atoms with van der Waals surface area (Å²) in [4.78, 5) is 25.8. The summed E-state index contributed by atoms with van der Waals surface area (Å²) in [5.74, 6) is 0.482. The molecule has 3 aromatic heterocycles. The van der Waals surface area contributed by atoms with Gasteiger partial charge >= 0.3 is 0 Å². The normalized spacial score (nSPS) is 17.8. The Bertz CT molecular complexity index is 1620. The number of anilines is 1. The van der Waals surface area contributed by atoms with Crippen LogP contribution in [0.4, 0.5) is 5.82 Å². The number of carbonyl (C=O) groups is 1. The molecule has 3 N–H and O–H groups in total. The summed E-state index contributed by atoms with van der Waals surface area (Å²) in [7, 11) is 1.69. The van der Waals surface area contributed by atoms with Crippen LogP contribution in [0.25, 0.3) is 44.5 Å². The van der Waals surface area contributed by atoms with Gasteiger partial charge in [-0.05, 0) is 43.9 Å². The van der Waals surface area contributed by atoms with Crippen molar-refractivity contribution in [2.24, 2.45) is 5.92 Å². The van der Waals surface area contributed by atoms with Crippen molar-refractivity contribution < 1.29 is 4.79 Å². The maximum atomic E-state index is 12.1. The third-order valence-electron chi connectivity index (χ3n) is 7.28. The monoisotopic (exact) mass is 511 g/mol. The Balaban J connectivity index is 1.45. The van der Waals surface area contributed by atoms with Gasteiger partial charge in [-0.1, -0.05) is 48.0 Å². The lowest BCUT2D eigenvalue weighted by molar-refractivity contribution is -0.125. The van der Waals surface area contributed by atoms with E-state index in [2.05, 4.69) is 15.3 Å². The van der Waals surface area contributed by atoms with Crippen molar-refractivity contribution in [2.75, 3.05) is 12.8 Å². The van der Waals surface area contributed by atoms with Crippen molar-refractivity contribution in [2.45, 2.75) is 31.7 Å². The lowest BCUT2D eigenvalue weighted by Crippen LogP contribution is -2.31. The van der Waals surface area contributed by atoms with Crippen molar-refractivity contribution in [3.8, 4) is 22.5 Å². The molecule has 0 unspecified atom stereocenters. The second-order valence-corrected chi connectivity index (χ2v) is 9.86. The molecule has 37 heavy (non-hydrogen) atoms. The molecule has 0 spiro atoms. The Morgan fingerprint density at radius 1 is 1.05 bits per heavy atom. The van der Waals surface area contributed by atoms with E-state index >= 15 is 0 Å². The molecule has 0 radical (unpaired) electrons. The first-order chi connectivity index (χ1) is 18.0. The summed E-state index contributed by atoms with van der Waals surface area (Å²) in [6.07, 6.45) is 4.71. The van der Waals surface area contributed by atoms with E-state index in [1.807, 2.05) is 59.3 Å². The summed E-state index contributed by atoms with van der Waals surface area (Å²) in [5.41, 5.74) is 11.1. The first-order valence-electron chi connectivity index (χ1n) is 12.4. The van der Waals surface area contributed by atoms with Crippen LogP contribution in [0.15, 0.2) is 60.9 Å². The van der Waals surface area contributed by atoms with Crippen LogP contribution in [0.3, 0.4) is 0 Å². The molecule has 186 valence electrons. The van der Waals surface area contributed by atoms with E-state index in [0.717, 1.165) is 53.4 Å². The van der Waals surface area contributed by atoms with Gasteiger partial charge in [-0.3, -0.25) is 4.79 Å². The fourth-order valence-electron chi connectivity index (χ4n) is 5.32.